The van der Waals surface area contributed by atoms with Gasteiger partial charge in [0.05, 0.1) is 12.1 Å². The number of benzene rings is 3. The molecule has 0 aliphatic carbocycles. The molecule has 0 bridgehead atoms. The van der Waals surface area contributed by atoms with Gasteiger partial charge in [0.25, 0.3) is 5.91 Å². The number of halogens is 2. The number of carbonyl (C=O) groups excluding carboxylic acids is 1. The molecule has 3 aromatic carbocycles. The number of aryl methyl sites for hydroxylation is 1. The second-order valence-electron chi connectivity index (χ2n) is 6.67. The van der Waals surface area contributed by atoms with Gasteiger partial charge in [-0.15, -0.1) is 0 Å². The maximum Gasteiger partial charge on any atom is 0.323 e. The van der Waals surface area contributed by atoms with Crippen LogP contribution in [0.2, 0.25) is 5.02 Å². The maximum absolute atomic E-state index is 14.2. The molecule has 0 saturated heterocycles. The van der Waals surface area contributed by atoms with E-state index in [1.54, 1.807) is 30.3 Å². The first-order valence-corrected chi connectivity index (χ1v) is 9.50. The van der Waals surface area contributed by atoms with Crippen molar-refractivity contribution in [2.75, 3.05) is 6.54 Å². The molecule has 154 valence electrons. The molecule has 1 amide bonds. The molecule has 1 N–H and O–H groups in total. The number of para-hydroxylation sites is 1. The van der Waals surface area contributed by atoms with E-state index in [4.69, 9.17) is 16.3 Å². The molecule has 0 spiro atoms. The topological polar surface area (TPSA) is 66.8 Å². The van der Waals surface area contributed by atoms with Crippen LogP contribution in [0.25, 0.3) is 0 Å². The third-order valence-corrected chi connectivity index (χ3v) is 4.74. The molecule has 30 heavy (non-hydrogen) atoms. The first kappa shape index (κ1) is 21.3. The summed E-state index contributed by atoms with van der Waals surface area (Å²) in [5.74, 6) is -1.66. The number of rotatable bonds is 7. The van der Waals surface area contributed by atoms with Crippen molar-refractivity contribution in [3.05, 3.63) is 94.3 Å². The Bertz CT molecular complexity index is 1050. The Balaban J connectivity index is 1.93. The minimum absolute atomic E-state index is 0.0469. The number of amides is 1. The average molecular weight is 428 g/mol. The average Bonchev–Trinajstić information content (AvgIpc) is 2.71. The van der Waals surface area contributed by atoms with Crippen molar-refractivity contribution in [1.82, 2.24) is 4.90 Å². The van der Waals surface area contributed by atoms with E-state index in [0.717, 1.165) is 10.5 Å². The second-order valence-corrected chi connectivity index (χ2v) is 7.07. The molecule has 0 aromatic heterocycles. The highest BCUT2D eigenvalue weighted by Crippen LogP contribution is 2.28. The van der Waals surface area contributed by atoms with E-state index >= 15 is 0 Å². The quantitative estimate of drug-likeness (QED) is 0.555. The van der Waals surface area contributed by atoms with Gasteiger partial charge in [0.2, 0.25) is 0 Å². The van der Waals surface area contributed by atoms with Crippen LogP contribution in [-0.4, -0.2) is 28.4 Å². The molecule has 3 rings (SSSR count). The Morgan fingerprint density at radius 3 is 2.40 bits per heavy atom. The Morgan fingerprint density at radius 1 is 1.03 bits per heavy atom. The molecular formula is C23H19ClFNO4. The van der Waals surface area contributed by atoms with E-state index in [0.29, 0.717) is 5.75 Å². The number of hydrogen-bond donors (Lipinski definition) is 1. The molecule has 3 aromatic rings. The fourth-order valence-corrected chi connectivity index (χ4v) is 3.10. The number of carbonyl (C=O) groups is 2. The zero-order valence-corrected chi connectivity index (χ0v) is 16.9. The molecule has 0 aliphatic heterocycles. The van der Waals surface area contributed by atoms with Gasteiger partial charge >= 0.3 is 5.97 Å². The van der Waals surface area contributed by atoms with Gasteiger partial charge in [-0.25, -0.2) is 4.39 Å². The van der Waals surface area contributed by atoms with Crippen molar-refractivity contribution in [3.8, 4) is 11.5 Å². The summed E-state index contributed by atoms with van der Waals surface area (Å²) in [4.78, 5) is 25.6. The van der Waals surface area contributed by atoms with Crippen LogP contribution >= 0.6 is 11.6 Å². The monoisotopic (exact) mass is 427 g/mol. The van der Waals surface area contributed by atoms with Gasteiger partial charge in [0.15, 0.2) is 0 Å². The molecule has 0 fully saturated rings. The highest BCUT2D eigenvalue weighted by atomic mass is 35.5. The number of nitrogens with zero attached hydrogens (tertiary/aromatic N) is 1. The number of ether oxygens (including phenoxy) is 1. The number of aliphatic carboxylic acids is 1. The fourth-order valence-electron chi connectivity index (χ4n) is 2.87. The van der Waals surface area contributed by atoms with E-state index in [-0.39, 0.29) is 28.4 Å². The maximum atomic E-state index is 14.2. The van der Waals surface area contributed by atoms with Crippen LogP contribution in [0.5, 0.6) is 11.5 Å². The minimum Gasteiger partial charge on any atom is -0.480 e. The molecule has 0 heterocycles. The predicted octanol–water partition coefficient (Wildman–Crippen LogP) is 5.31. The summed E-state index contributed by atoms with van der Waals surface area (Å²) >= 11 is 6.06. The highest BCUT2D eigenvalue weighted by molar-refractivity contribution is 6.31. The summed E-state index contributed by atoms with van der Waals surface area (Å²) < 4.78 is 20.1. The van der Waals surface area contributed by atoms with E-state index in [1.165, 1.54) is 24.3 Å². The highest BCUT2D eigenvalue weighted by Gasteiger charge is 2.24. The lowest BCUT2D eigenvalue weighted by atomic mass is 10.1. The van der Waals surface area contributed by atoms with Crippen molar-refractivity contribution in [2.45, 2.75) is 13.5 Å². The first-order valence-electron chi connectivity index (χ1n) is 9.12. The van der Waals surface area contributed by atoms with Crippen LogP contribution < -0.4 is 4.74 Å². The molecule has 0 atom stereocenters. The van der Waals surface area contributed by atoms with Gasteiger partial charge in [0.1, 0.15) is 23.9 Å². The Kier molecular flexibility index (Phi) is 6.69. The van der Waals surface area contributed by atoms with Crippen molar-refractivity contribution >= 4 is 23.5 Å². The van der Waals surface area contributed by atoms with Crippen molar-refractivity contribution in [3.63, 3.8) is 0 Å². The third kappa shape index (κ3) is 5.15. The van der Waals surface area contributed by atoms with Gasteiger partial charge in [-0.1, -0.05) is 47.5 Å². The lowest BCUT2D eigenvalue weighted by Crippen LogP contribution is -2.35. The summed E-state index contributed by atoms with van der Waals surface area (Å²) in [6.45, 7) is 1.02. The Labute approximate surface area is 178 Å². The summed E-state index contributed by atoms with van der Waals surface area (Å²) in [7, 11) is 0. The Hall–Kier alpha value is -3.38. The van der Waals surface area contributed by atoms with E-state index < -0.39 is 24.2 Å². The number of carboxylic acids is 1. The lowest BCUT2D eigenvalue weighted by molar-refractivity contribution is -0.137. The molecule has 5 nitrogen and oxygen atoms in total. The molecule has 0 unspecified atom stereocenters. The minimum atomic E-state index is -1.23. The second kappa shape index (κ2) is 9.41. The van der Waals surface area contributed by atoms with Gasteiger partial charge in [-0.2, -0.15) is 0 Å². The van der Waals surface area contributed by atoms with Crippen molar-refractivity contribution in [1.29, 1.82) is 0 Å². The molecule has 0 saturated carbocycles. The van der Waals surface area contributed by atoms with Gasteiger partial charge in [-0.05, 0) is 43.3 Å². The first-order chi connectivity index (χ1) is 14.3. The van der Waals surface area contributed by atoms with Crippen LogP contribution in [0.3, 0.4) is 0 Å². The standard InChI is InChI=1S/C23H19ClFNO4/c1-15-9-11-16(12-10-15)30-21-8-3-2-5-17(21)23(29)26(14-22(27)28)13-18-19(24)6-4-7-20(18)25/h2-12H,13-14H2,1H3,(H,27,28). The van der Waals surface area contributed by atoms with E-state index in [2.05, 4.69) is 0 Å². The SMILES string of the molecule is Cc1ccc(Oc2ccccc2C(=O)N(CC(=O)O)Cc2c(F)cccc2Cl)cc1. The Morgan fingerprint density at radius 2 is 1.73 bits per heavy atom. The number of carboxylic acid groups (broad SMARTS) is 1. The third-order valence-electron chi connectivity index (χ3n) is 4.39. The van der Waals surface area contributed by atoms with Crippen molar-refractivity contribution < 1.29 is 23.8 Å². The molecule has 0 aliphatic rings. The smallest absolute Gasteiger partial charge is 0.323 e. The summed E-state index contributed by atoms with van der Waals surface area (Å²) in [6.07, 6.45) is 0. The largest absolute Gasteiger partial charge is 0.480 e. The fraction of sp³-hybridized carbons (Fsp3) is 0.130. The normalized spacial score (nSPS) is 10.5. The van der Waals surface area contributed by atoms with Crippen molar-refractivity contribution in [2.24, 2.45) is 0 Å². The lowest BCUT2D eigenvalue weighted by Gasteiger charge is -2.23. The number of hydrogen-bond acceptors (Lipinski definition) is 3. The van der Waals surface area contributed by atoms with Gasteiger partial charge in [0, 0.05) is 10.6 Å². The summed E-state index contributed by atoms with van der Waals surface area (Å²) in [6, 6.07) is 17.9. The zero-order valence-electron chi connectivity index (χ0n) is 16.1. The predicted molar refractivity (Wildman–Crippen MR) is 111 cm³/mol. The zero-order chi connectivity index (χ0) is 21.7. The van der Waals surface area contributed by atoms with Gasteiger partial charge in [-0.3, -0.25) is 9.59 Å². The van der Waals surface area contributed by atoms with Crippen LogP contribution in [0.1, 0.15) is 21.5 Å². The van der Waals surface area contributed by atoms with E-state index in [1.807, 2.05) is 19.1 Å². The van der Waals surface area contributed by atoms with Crippen LogP contribution in [0.4, 0.5) is 4.39 Å². The van der Waals surface area contributed by atoms with Crippen LogP contribution in [0.15, 0.2) is 66.7 Å². The van der Waals surface area contributed by atoms with Gasteiger partial charge < -0.3 is 14.7 Å². The molecule has 7 heteroatoms. The van der Waals surface area contributed by atoms with E-state index in [9.17, 15) is 19.1 Å². The molecular weight excluding hydrogens is 409 g/mol. The van der Waals surface area contributed by atoms with Crippen LogP contribution in [-0.2, 0) is 11.3 Å². The molecule has 0 radical (unpaired) electrons. The summed E-state index contributed by atoms with van der Waals surface area (Å²) in [5, 5.41) is 9.39. The van der Waals surface area contributed by atoms with Crippen LogP contribution in [0, 0.1) is 12.7 Å². The summed E-state index contributed by atoms with van der Waals surface area (Å²) in [5.41, 5.74) is 1.26.